The molecule has 6 nitrogen and oxygen atoms in total. The molecule has 2 aromatic carbocycles. The van der Waals surface area contributed by atoms with Crippen LogP contribution in [0.2, 0.25) is 5.02 Å². The van der Waals surface area contributed by atoms with Crippen LogP contribution < -0.4 is 39.4 Å². The molecule has 0 aliphatic rings. The molecule has 0 radical (unpaired) electrons. The molecule has 8 heteroatoms. The Morgan fingerprint density at radius 3 is 2.62 bits per heavy atom. The van der Waals surface area contributed by atoms with Crippen molar-refractivity contribution < 1.29 is 48.9 Å². The Kier molecular flexibility index (Phi) is 9.20. The second kappa shape index (κ2) is 11.4. The molecule has 146 valence electrons. The van der Waals surface area contributed by atoms with Crippen LogP contribution in [0, 0.1) is 0 Å². The molecule has 0 saturated heterocycles. The first-order chi connectivity index (χ1) is 13.6. The van der Waals surface area contributed by atoms with Gasteiger partial charge in [-0.05, 0) is 48.4 Å². The molecule has 0 amide bonds. The quantitative estimate of drug-likeness (QED) is 0.464. The van der Waals surface area contributed by atoms with Crippen LogP contribution in [0.4, 0.5) is 0 Å². The van der Waals surface area contributed by atoms with E-state index in [1.165, 1.54) is 0 Å². The van der Waals surface area contributed by atoms with E-state index in [1.54, 1.807) is 35.1 Å². The van der Waals surface area contributed by atoms with E-state index in [0.717, 1.165) is 16.8 Å². The van der Waals surface area contributed by atoms with E-state index in [2.05, 4.69) is 5.10 Å². The van der Waals surface area contributed by atoms with Crippen molar-refractivity contribution in [2.24, 2.45) is 0 Å². The Morgan fingerprint density at radius 2 is 2.00 bits per heavy atom. The smallest absolute Gasteiger partial charge is 0.550 e. The van der Waals surface area contributed by atoms with Crippen molar-refractivity contribution in [2.75, 3.05) is 6.61 Å². The van der Waals surface area contributed by atoms with Crippen molar-refractivity contribution >= 4 is 17.6 Å². The van der Waals surface area contributed by atoms with Crippen LogP contribution in [0.15, 0.2) is 60.9 Å². The zero-order chi connectivity index (χ0) is 19.9. The fourth-order valence-electron chi connectivity index (χ4n) is 2.81. The fraction of sp³-hybridized carbons (Fsp3) is 0.238. The van der Waals surface area contributed by atoms with Gasteiger partial charge in [0, 0.05) is 31.4 Å². The van der Waals surface area contributed by atoms with E-state index in [-0.39, 0.29) is 36.0 Å². The van der Waals surface area contributed by atoms with Gasteiger partial charge in [0.25, 0.3) is 0 Å². The average Bonchev–Trinajstić information content (AvgIpc) is 3.22. The van der Waals surface area contributed by atoms with Crippen LogP contribution in [-0.2, 0) is 16.1 Å². The summed E-state index contributed by atoms with van der Waals surface area (Å²) >= 11 is 6.25. The molecule has 0 saturated carbocycles. The topological polar surface area (TPSA) is 76.4 Å². The van der Waals surface area contributed by atoms with Crippen LogP contribution in [0.1, 0.15) is 30.6 Å². The summed E-state index contributed by atoms with van der Waals surface area (Å²) in [6, 6.07) is 14.7. The minimum absolute atomic E-state index is 0. The maximum absolute atomic E-state index is 10.9. The summed E-state index contributed by atoms with van der Waals surface area (Å²) < 4.78 is 13.0. The molecule has 0 fully saturated rings. The third-order valence-electron chi connectivity index (χ3n) is 4.14. The Labute approximate surface area is 196 Å². The standard InChI is InChI=1S/C21H21ClN2O4.Na/c1-2-27-20(13-21(25)26)16-5-7-17(8-6-16)28-14-15-4-9-18(22)19(12-15)24-11-3-10-23-24;/h3-12,20H,2,13-14H2,1H3,(H,25,26);/q;+1/p-1/t20-;/m0./s1. The van der Waals surface area contributed by atoms with Crippen molar-refractivity contribution in [3.8, 4) is 11.4 Å². The van der Waals surface area contributed by atoms with Gasteiger partial charge in [-0.3, -0.25) is 0 Å². The van der Waals surface area contributed by atoms with Crippen LogP contribution in [0.25, 0.3) is 5.69 Å². The van der Waals surface area contributed by atoms with Gasteiger partial charge in [0.1, 0.15) is 12.4 Å². The third-order valence-corrected chi connectivity index (χ3v) is 4.46. The SMILES string of the molecule is CCO[C@@H](CC(=O)[O-])c1ccc(OCc2ccc(Cl)c(-n3cccn3)c2)cc1.[Na+]. The maximum Gasteiger partial charge on any atom is 1.00 e. The van der Waals surface area contributed by atoms with Crippen molar-refractivity contribution in [3.63, 3.8) is 0 Å². The zero-order valence-electron chi connectivity index (χ0n) is 16.4. The van der Waals surface area contributed by atoms with E-state index >= 15 is 0 Å². The number of rotatable bonds is 9. The first kappa shape index (κ1) is 23.4. The van der Waals surface area contributed by atoms with E-state index in [9.17, 15) is 9.90 Å². The van der Waals surface area contributed by atoms with Crippen LogP contribution >= 0.6 is 11.6 Å². The second-order valence-electron chi connectivity index (χ2n) is 6.11. The molecule has 3 aromatic rings. The number of carboxylic acids is 1. The van der Waals surface area contributed by atoms with Crippen LogP contribution in [0.3, 0.4) is 0 Å². The number of ether oxygens (including phenoxy) is 2. The number of hydrogen-bond acceptors (Lipinski definition) is 5. The number of carboxylic acid groups (broad SMARTS) is 1. The Morgan fingerprint density at radius 1 is 1.24 bits per heavy atom. The molecular formula is C21H20ClN2NaO4. The number of carbonyl (C=O) groups excluding carboxylic acids is 1. The summed E-state index contributed by atoms with van der Waals surface area (Å²) in [5, 5.41) is 15.7. The predicted molar refractivity (Wildman–Crippen MR) is 103 cm³/mol. The molecule has 0 unspecified atom stereocenters. The average molecular weight is 423 g/mol. The van der Waals surface area contributed by atoms with Gasteiger partial charge in [-0.2, -0.15) is 5.10 Å². The minimum Gasteiger partial charge on any atom is -0.550 e. The molecule has 0 spiro atoms. The molecule has 0 N–H and O–H groups in total. The van der Waals surface area contributed by atoms with Gasteiger partial charge >= 0.3 is 29.6 Å². The predicted octanol–water partition coefficient (Wildman–Crippen LogP) is 0.326. The number of carbonyl (C=O) groups is 1. The van der Waals surface area contributed by atoms with Gasteiger partial charge in [0.2, 0.25) is 0 Å². The van der Waals surface area contributed by atoms with E-state index in [1.807, 2.05) is 37.4 Å². The molecule has 1 heterocycles. The minimum atomic E-state index is -1.14. The normalized spacial score (nSPS) is 11.5. The summed E-state index contributed by atoms with van der Waals surface area (Å²) in [4.78, 5) is 10.9. The number of nitrogens with zero attached hydrogens (tertiary/aromatic N) is 2. The Hall–Kier alpha value is -1.83. The molecule has 1 atom stereocenters. The molecule has 1 aromatic heterocycles. The molecular weight excluding hydrogens is 403 g/mol. The van der Waals surface area contributed by atoms with Crippen molar-refractivity contribution in [3.05, 3.63) is 77.1 Å². The summed E-state index contributed by atoms with van der Waals surface area (Å²) in [6.07, 6.45) is 2.80. The fourth-order valence-corrected chi connectivity index (χ4v) is 3.01. The summed E-state index contributed by atoms with van der Waals surface area (Å²) in [5.41, 5.74) is 2.50. The third kappa shape index (κ3) is 6.59. The van der Waals surface area contributed by atoms with Crippen LogP contribution in [-0.4, -0.2) is 22.4 Å². The van der Waals surface area contributed by atoms with Gasteiger partial charge in [0.05, 0.1) is 16.8 Å². The van der Waals surface area contributed by atoms with Gasteiger partial charge in [0.15, 0.2) is 0 Å². The number of hydrogen-bond donors (Lipinski definition) is 0. The second-order valence-corrected chi connectivity index (χ2v) is 6.52. The number of aromatic nitrogens is 2. The molecule has 0 bridgehead atoms. The van der Waals surface area contributed by atoms with E-state index in [4.69, 9.17) is 21.1 Å². The van der Waals surface area contributed by atoms with Crippen molar-refractivity contribution in [2.45, 2.75) is 26.1 Å². The van der Waals surface area contributed by atoms with E-state index in [0.29, 0.717) is 24.0 Å². The maximum atomic E-state index is 10.9. The van der Waals surface area contributed by atoms with Gasteiger partial charge in [-0.25, -0.2) is 4.68 Å². The molecule has 0 aliphatic carbocycles. The number of benzene rings is 2. The summed E-state index contributed by atoms with van der Waals surface area (Å²) in [5.74, 6) is -0.475. The Bertz CT molecular complexity index is 917. The number of aliphatic carboxylic acids is 1. The van der Waals surface area contributed by atoms with Gasteiger partial charge in [-0.1, -0.05) is 29.8 Å². The molecule has 3 rings (SSSR count). The van der Waals surface area contributed by atoms with Gasteiger partial charge in [-0.15, -0.1) is 0 Å². The first-order valence-electron chi connectivity index (χ1n) is 8.89. The zero-order valence-corrected chi connectivity index (χ0v) is 19.1. The van der Waals surface area contributed by atoms with Crippen molar-refractivity contribution in [1.29, 1.82) is 0 Å². The van der Waals surface area contributed by atoms with Crippen LogP contribution in [0.5, 0.6) is 5.75 Å². The largest absolute Gasteiger partial charge is 1.00 e. The number of halogens is 1. The summed E-state index contributed by atoms with van der Waals surface area (Å²) in [6.45, 7) is 2.60. The summed E-state index contributed by atoms with van der Waals surface area (Å²) in [7, 11) is 0. The molecule has 29 heavy (non-hydrogen) atoms. The molecule has 0 aliphatic heterocycles. The van der Waals surface area contributed by atoms with Gasteiger partial charge < -0.3 is 19.4 Å². The first-order valence-corrected chi connectivity index (χ1v) is 9.27. The van der Waals surface area contributed by atoms with E-state index < -0.39 is 12.1 Å². The van der Waals surface area contributed by atoms with Crippen molar-refractivity contribution in [1.82, 2.24) is 9.78 Å². The monoisotopic (exact) mass is 422 g/mol. The Balaban J connectivity index is 0.00000300.